The van der Waals surface area contributed by atoms with Crippen molar-refractivity contribution in [2.75, 3.05) is 0 Å². The van der Waals surface area contributed by atoms with Crippen LogP contribution in [-0.2, 0) is 9.59 Å². The van der Waals surface area contributed by atoms with E-state index in [1.165, 1.54) is 13.8 Å². The van der Waals surface area contributed by atoms with E-state index >= 15 is 0 Å². The maximum absolute atomic E-state index is 12.3. The van der Waals surface area contributed by atoms with Gasteiger partial charge >= 0.3 is 5.97 Å². The minimum Gasteiger partial charge on any atom is -0.480 e. The van der Waals surface area contributed by atoms with Crippen LogP contribution in [0.5, 0.6) is 0 Å². The van der Waals surface area contributed by atoms with Crippen LogP contribution in [0.4, 0.5) is 0 Å². The fourth-order valence-corrected chi connectivity index (χ4v) is 1.76. The van der Waals surface area contributed by atoms with Crippen LogP contribution in [0.1, 0.15) is 19.9 Å². The number of amides is 1. The van der Waals surface area contributed by atoms with Gasteiger partial charge in [0.1, 0.15) is 17.6 Å². The highest BCUT2D eigenvalue weighted by molar-refractivity contribution is 5.85. The molecule has 0 spiro atoms. The first-order valence-corrected chi connectivity index (χ1v) is 6.29. The summed E-state index contributed by atoms with van der Waals surface area (Å²) in [5.41, 5.74) is -0.0171. The molecule has 2 atom stereocenters. The van der Waals surface area contributed by atoms with Crippen LogP contribution in [0.2, 0.25) is 0 Å². The van der Waals surface area contributed by atoms with Crippen molar-refractivity contribution in [3.8, 4) is 0 Å². The van der Waals surface area contributed by atoms with Crippen LogP contribution in [0.25, 0.3) is 10.9 Å². The van der Waals surface area contributed by atoms with E-state index < -0.39 is 29.5 Å². The normalized spacial score (nSPS) is 13.6. The molecule has 2 aromatic rings. The zero-order valence-corrected chi connectivity index (χ0v) is 11.5. The molecule has 1 aromatic carbocycles. The van der Waals surface area contributed by atoms with Crippen molar-refractivity contribution >= 4 is 22.8 Å². The monoisotopic (exact) mass is 290 g/mol. The van der Waals surface area contributed by atoms with Crippen molar-refractivity contribution in [1.82, 2.24) is 20.3 Å². The van der Waals surface area contributed by atoms with Gasteiger partial charge in [-0.1, -0.05) is 17.3 Å². The average molecular weight is 290 g/mol. The molecule has 2 rings (SSSR count). The van der Waals surface area contributed by atoms with Gasteiger partial charge in [-0.25, -0.2) is 0 Å². The van der Waals surface area contributed by atoms with E-state index in [1.54, 1.807) is 24.3 Å². The molecule has 2 N–H and O–H groups in total. The molecule has 8 nitrogen and oxygen atoms in total. The number of aromatic nitrogens is 3. The molecule has 0 bridgehead atoms. The molecular weight excluding hydrogens is 276 g/mol. The van der Waals surface area contributed by atoms with E-state index in [1.807, 2.05) is 0 Å². The molecule has 110 valence electrons. The number of carbonyl (C=O) groups is 2. The highest BCUT2D eigenvalue weighted by Gasteiger charge is 2.22. The number of rotatable bonds is 4. The molecule has 0 saturated heterocycles. The standard InChI is InChI=1S/C13H14N4O4/c1-7(13(20)21)14-11(18)8(2)17-12(19)9-5-3-4-6-10(9)15-16-17/h3-8H,1-2H3,(H,14,18)(H,20,21)/t7-,8+/m1/s1. The van der Waals surface area contributed by atoms with Gasteiger partial charge in [0, 0.05) is 0 Å². The molecule has 8 heteroatoms. The molecule has 0 fully saturated rings. The summed E-state index contributed by atoms with van der Waals surface area (Å²) in [6.45, 7) is 2.79. The third kappa shape index (κ3) is 2.88. The quantitative estimate of drug-likeness (QED) is 0.815. The van der Waals surface area contributed by atoms with Crippen LogP contribution < -0.4 is 10.9 Å². The van der Waals surface area contributed by atoms with Crippen molar-refractivity contribution in [2.45, 2.75) is 25.9 Å². The van der Waals surface area contributed by atoms with E-state index in [2.05, 4.69) is 15.6 Å². The summed E-state index contributed by atoms with van der Waals surface area (Å²) in [6.07, 6.45) is 0. The van der Waals surface area contributed by atoms with Gasteiger partial charge in [-0.2, -0.15) is 4.68 Å². The van der Waals surface area contributed by atoms with Crippen LogP contribution in [0.3, 0.4) is 0 Å². The predicted octanol–water partition coefficient (Wildman–Crippen LogP) is -0.0582. The van der Waals surface area contributed by atoms with Crippen molar-refractivity contribution in [3.05, 3.63) is 34.6 Å². The van der Waals surface area contributed by atoms with Crippen molar-refractivity contribution in [3.63, 3.8) is 0 Å². The number of nitrogens with zero attached hydrogens (tertiary/aromatic N) is 3. The Morgan fingerprint density at radius 2 is 1.95 bits per heavy atom. The largest absolute Gasteiger partial charge is 0.480 e. The van der Waals surface area contributed by atoms with Crippen molar-refractivity contribution in [1.29, 1.82) is 0 Å². The number of nitrogens with one attached hydrogen (secondary N) is 1. The number of fused-ring (bicyclic) bond motifs is 1. The predicted molar refractivity (Wildman–Crippen MR) is 73.7 cm³/mol. The van der Waals surface area contributed by atoms with Crippen LogP contribution in [0, 0.1) is 0 Å². The molecule has 1 heterocycles. The topological polar surface area (TPSA) is 114 Å². The summed E-state index contributed by atoms with van der Waals surface area (Å²) in [4.78, 5) is 34.9. The lowest BCUT2D eigenvalue weighted by molar-refractivity contribution is -0.141. The Bertz CT molecular complexity index is 755. The van der Waals surface area contributed by atoms with Gasteiger partial charge in [0.2, 0.25) is 5.91 Å². The van der Waals surface area contributed by atoms with Crippen LogP contribution in [0.15, 0.2) is 29.1 Å². The van der Waals surface area contributed by atoms with Crippen molar-refractivity contribution in [2.24, 2.45) is 0 Å². The summed E-state index contributed by atoms with van der Waals surface area (Å²) >= 11 is 0. The molecular formula is C13H14N4O4. The van der Waals surface area contributed by atoms with Gasteiger partial charge < -0.3 is 10.4 Å². The van der Waals surface area contributed by atoms with E-state index in [-0.39, 0.29) is 0 Å². The maximum atomic E-state index is 12.3. The average Bonchev–Trinajstić information content (AvgIpc) is 2.47. The Labute approximate surface area is 119 Å². The Morgan fingerprint density at radius 1 is 1.29 bits per heavy atom. The Hall–Kier alpha value is -2.77. The Morgan fingerprint density at radius 3 is 2.62 bits per heavy atom. The molecule has 1 amide bonds. The van der Waals surface area contributed by atoms with Gasteiger partial charge in [0.05, 0.1) is 5.39 Å². The molecule has 0 aliphatic carbocycles. The molecule has 1 aromatic heterocycles. The molecule has 0 saturated carbocycles. The van der Waals surface area contributed by atoms with Crippen LogP contribution >= 0.6 is 0 Å². The van der Waals surface area contributed by atoms with Gasteiger partial charge in [-0.05, 0) is 26.0 Å². The number of hydrogen-bond donors (Lipinski definition) is 2. The van der Waals surface area contributed by atoms with Gasteiger partial charge in [-0.15, -0.1) is 5.10 Å². The highest BCUT2D eigenvalue weighted by atomic mass is 16.4. The van der Waals surface area contributed by atoms with Crippen LogP contribution in [-0.4, -0.2) is 38.0 Å². The number of carbonyl (C=O) groups excluding carboxylic acids is 1. The third-order valence-electron chi connectivity index (χ3n) is 3.07. The summed E-state index contributed by atoms with van der Waals surface area (Å²) in [6, 6.07) is 4.64. The van der Waals surface area contributed by atoms with Gasteiger partial charge in [0.25, 0.3) is 5.56 Å². The molecule has 0 aliphatic rings. The zero-order valence-electron chi connectivity index (χ0n) is 11.5. The third-order valence-corrected chi connectivity index (χ3v) is 3.07. The van der Waals surface area contributed by atoms with E-state index in [4.69, 9.17) is 5.11 Å². The zero-order chi connectivity index (χ0) is 15.6. The van der Waals surface area contributed by atoms with Gasteiger partial charge in [0.15, 0.2) is 0 Å². The lowest BCUT2D eigenvalue weighted by Crippen LogP contribution is -2.44. The lowest BCUT2D eigenvalue weighted by Gasteiger charge is -2.15. The highest BCUT2D eigenvalue weighted by Crippen LogP contribution is 2.06. The summed E-state index contributed by atoms with van der Waals surface area (Å²) < 4.78 is 0.937. The number of hydrogen-bond acceptors (Lipinski definition) is 5. The second-order valence-electron chi connectivity index (χ2n) is 4.60. The summed E-state index contributed by atoms with van der Waals surface area (Å²) in [5, 5.41) is 19.0. The molecule has 0 unspecified atom stereocenters. The molecule has 0 radical (unpaired) electrons. The first-order valence-electron chi connectivity index (χ1n) is 6.29. The SMILES string of the molecule is C[C@@H](NC(=O)[C@H](C)n1nnc2ccccc2c1=O)C(=O)O. The second-order valence-corrected chi connectivity index (χ2v) is 4.60. The number of benzene rings is 1. The second kappa shape index (κ2) is 5.70. The number of carboxylic acids is 1. The fraction of sp³-hybridized carbons (Fsp3) is 0.308. The summed E-state index contributed by atoms with van der Waals surface area (Å²) in [5.74, 6) is -1.77. The maximum Gasteiger partial charge on any atom is 0.325 e. The van der Waals surface area contributed by atoms with E-state index in [9.17, 15) is 14.4 Å². The van der Waals surface area contributed by atoms with E-state index in [0.717, 1.165) is 4.68 Å². The van der Waals surface area contributed by atoms with Crippen molar-refractivity contribution < 1.29 is 14.7 Å². The first kappa shape index (κ1) is 14.6. The smallest absolute Gasteiger partial charge is 0.325 e. The Kier molecular flexibility index (Phi) is 3.97. The molecule has 21 heavy (non-hydrogen) atoms. The first-order chi connectivity index (χ1) is 9.91. The van der Waals surface area contributed by atoms with E-state index in [0.29, 0.717) is 10.9 Å². The minimum absolute atomic E-state index is 0.346. The fourth-order valence-electron chi connectivity index (χ4n) is 1.76. The lowest BCUT2D eigenvalue weighted by atomic mass is 10.2. The number of carboxylic acid groups (broad SMARTS) is 1. The number of aliphatic carboxylic acids is 1. The summed E-state index contributed by atoms with van der Waals surface area (Å²) in [7, 11) is 0. The Balaban J connectivity index is 2.33. The minimum atomic E-state index is -1.16. The van der Waals surface area contributed by atoms with Gasteiger partial charge in [-0.3, -0.25) is 14.4 Å². The molecule has 0 aliphatic heterocycles.